The lowest BCUT2D eigenvalue weighted by Crippen LogP contribution is -2.71. The van der Waals surface area contributed by atoms with E-state index < -0.39 is 63.9 Å². The van der Waals surface area contributed by atoms with Gasteiger partial charge in [-0.3, -0.25) is 14.9 Å². The molecule has 0 radical (unpaired) electrons. The molecular formula is C47H68N2O9. The number of carbonyl (C=O) groups excluding carboxylic acids is 2. The smallest absolute Gasteiger partial charge is 0.240 e. The van der Waals surface area contributed by atoms with Gasteiger partial charge in [0.25, 0.3) is 0 Å². The maximum Gasteiger partial charge on any atom is 0.240 e. The molecule has 11 rings (SSSR count). The van der Waals surface area contributed by atoms with Crippen molar-refractivity contribution in [3.8, 4) is 11.8 Å². The van der Waals surface area contributed by atoms with Gasteiger partial charge in [0.1, 0.15) is 18.4 Å². The summed E-state index contributed by atoms with van der Waals surface area (Å²) in [6.07, 6.45) is 8.45. The summed E-state index contributed by atoms with van der Waals surface area (Å²) in [5.74, 6) is 6.47. The number of amides is 1. The van der Waals surface area contributed by atoms with E-state index in [1.807, 2.05) is 11.8 Å². The molecule has 5 heterocycles. The molecule has 11 nitrogen and oxygen atoms in total. The highest BCUT2D eigenvalue weighted by molar-refractivity contribution is 6.01. The largest absolute Gasteiger partial charge is 0.387 e. The zero-order valence-corrected chi connectivity index (χ0v) is 35.2. The Bertz CT molecular complexity index is 1780. The number of aliphatic hydroxyl groups excluding tert-OH is 2. The molecule has 7 bridgehead atoms. The van der Waals surface area contributed by atoms with Gasteiger partial charge in [-0.05, 0) is 130 Å². The van der Waals surface area contributed by atoms with Gasteiger partial charge in [0.15, 0.2) is 5.78 Å². The second kappa shape index (κ2) is 14.1. The predicted molar refractivity (Wildman–Crippen MR) is 214 cm³/mol. The summed E-state index contributed by atoms with van der Waals surface area (Å²) in [5, 5.41) is 54.8. The quantitative estimate of drug-likeness (QED) is 0.151. The molecule has 5 aliphatic heterocycles. The van der Waals surface area contributed by atoms with E-state index in [0.29, 0.717) is 71.1 Å². The van der Waals surface area contributed by atoms with Crippen molar-refractivity contribution in [2.75, 3.05) is 26.9 Å². The Labute approximate surface area is 344 Å². The van der Waals surface area contributed by atoms with Crippen LogP contribution in [-0.4, -0.2) is 118 Å². The van der Waals surface area contributed by atoms with E-state index in [-0.39, 0.29) is 53.4 Å². The fourth-order valence-electron chi connectivity index (χ4n) is 15.9. The van der Waals surface area contributed by atoms with Crippen LogP contribution in [0.25, 0.3) is 0 Å². The van der Waals surface area contributed by atoms with Crippen LogP contribution < -0.4 is 5.32 Å². The third kappa shape index (κ3) is 5.34. The Morgan fingerprint density at radius 3 is 2.52 bits per heavy atom. The Morgan fingerprint density at radius 2 is 1.74 bits per heavy atom. The van der Waals surface area contributed by atoms with Gasteiger partial charge in [-0.15, -0.1) is 5.92 Å². The Kier molecular flexibility index (Phi) is 9.75. The number of nitrogens with zero attached hydrogens (tertiary/aromatic N) is 1. The standard InChI is InChI=1S/C47H68N2O9/c1-26-32-24-34-42(53)49-25-29(49)12-8-16-45-18-19-46(27-10-6-5-7-11-27)35(44(3,54)40(51)37(26)58-38(32)41(52)48-34)22-28-13-14-31(39(45)47(28,46)55)36(50)33-23-30(15-17-43(33,45)2)57-21-9-20-56-4/h26-30,32-35,37-38,40-41,48,51-52,54-55H,5-7,9-15,17-25H2,1-4H3. The summed E-state index contributed by atoms with van der Waals surface area (Å²) in [6.45, 7) is 7.91. The molecule has 58 heavy (non-hydrogen) atoms. The number of hydrogen-bond acceptors (Lipinski definition) is 10. The van der Waals surface area contributed by atoms with E-state index in [1.165, 1.54) is 0 Å². The molecule has 4 saturated carbocycles. The minimum atomic E-state index is -1.65. The van der Waals surface area contributed by atoms with E-state index in [2.05, 4.69) is 24.1 Å². The summed E-state index contributed by atoms with van der Waals surface area (Å²) < 4.78 is 18.3. The summed E-state index contributed by atoms with van der Waals surface area (Å²) in [6, 6.07) is -0.609. The minimum absolute atomic E-state index is 0.0321. The van der Waals surface area contributed by atoms with Crippen molar-refractivity contribution in [1.82, 2.24) is 10.2 Å². The molecule has 6 aliphatic carbocycles. The topological polar surface area (TPSA) is 158 Å². The highest BCUT2D eigenvalue weighted by Crippen LogP contribution is 2.79. The Morgan fingerprint density at radius 1 is 0.948 bits per heavy atom. The molecule has 320 valence electrons. The molecular weight excluding hydrogens is 737 g/mol. The van der Waals surface area contributed by atoms with Crippen LogP contribution in [0.4, 0.5) is 0 Å². The zero-order chi connectivity index (χ0) is 40.6. The number of allylic oxidation sites excluding steroid dienone is 1. The fourth-order valence-corrected chi connectivity index (χ4v) is 15.9. The normalized spacial score (nSPS) is 52.2. The van der Waals surface area contributed by atoms with Gasteiger partial charge in [-0.2, -0.15) is 0 Å². The molecule has 11 heteroatoms. The first-order valence-electron chi connectivity index (χ1n) is 23.2. The molecule has 0 aromatic rings. The molecule has 1 amide bonds. The molecule has 1 spiro atoms. The Hall–Kier alpha value is -1.88. The van der Waals surface area contributed by atoms with E-state index in [9.17, 15) is 25.2 Å². The molecule has 11 aliphatic rings. The van der Waals surface area contributed by atoms with Gasteiger partial charge in [0.2, 0.25) is 5.91 Å². The van der Waals surface area contributed by atoms with Crippen molar-refractivity contribution in [2.45, 2.75) is 177 Å². The number of rotatable bonds is 6. The highest BCUT2D eigenvalue weighted by atomic mass is 16.5. The van der Waals surface area contributed by atoms with Gasteiger partial charge in [-0.25, -0.2) is 0 Å². The van der Waals surface area contributed by atoms with E-state index in [4.69, 9.17) is 14.2 Å². The van der Waals surface area contributed by atoms with E-state index in [1.54, 1.807) is 14.0 Å². The van der Waals surface area contributed by atoms with Crippen LogP contribution in [0.2, 0.25) is 0 Å². The number of piperidine rings is 1. The number of nitrogens with one attached hydrogen (secondary N) is 1. The molecule has 7 fully saturated rings. The molecule has 17 atom stereocenters. The Balaban J connectivity index is 1.14. The van der Waals surface area contributed by atoms with Crippen LogP contribution in [0.15, 0.2) is 11.1 Å². The van der Waals surface area contributed by atoms with Crippen molar-refractivity contribution in [1.29, 1.82) is 0 Å². The molecule has 0 aromatic carbocycles. The highest BCUT2D eigenvalue weighted by Gasteiger charge is 2.80. The third-order valence-electron chi connectivity index (χ3n) is 18.9. The van der Waals surface area contributed by atoms with Gasteiger partial charge in [-0.1, -0.05) is 39.0 Å². The first kappa shape index (κ1) is 40.2. The lowest BCUT2D eigenvalue weighted by atomic mass is 9.35. The predicted octanol–water partition coefficient (Wildman–Crippen LogP) is 4.03. The minimum Gasteiger partial charge on any atom is -0.387 e. The monoisotopic (exact) mass is 804 g/mol. The summed E-state index contributed by atoms with van der Waals surface area (Å²) in [5.41, 5.74) is -3.46. The molecule has 0 aromatic heterocycles. The first-order chi connectivity index (χ1) is 27.7. The van der Waals surface area contributed by atoms with Crippen molar-refractivity contribution in [2.24, 2.45) is 51.8 Å². The second-order valence-corrected chi connectivity index (χ2v) is 21.2. The van der Waals surface area contributed by atoms with Gasteiger partial charge >= 0.3 is 0 Å². The zero-order valence-electron chi connectivity index (χ0n) is 35.2. The van der Waals surface area contributed by atoms with Crippen LogP contribution in [-0.2, 0) is 23.8 Å². The number of ether oxygens (including phenoxy) is 3. The summed E-state index contributed by atoms with van der Waals surface area (Å²) in [4.78, 5) is 31.2. The lowest BCUT2D eigenvalue weighted by Gasteiger charge is -2.69. The van der Waals surface area contributed by atoms with Crippen molar-refractivity contribution in [3.63, 3.8) is 0 Å². The average molecular weight is 805 g/mol. The summed E-state index contributed by atoms with van der Waals surface area (Å²) >= 11 is 0. The summed E-state index contributed by atoms with van der Waals surface area (Å²) in [7, 11) is 1.70. The average Bonchev–Trinajstić information content (AvgIpc) is 3.83. The number of fused-ring (bicyclic) bond motifs is 4. The number of ketones is 1. The number of aliphatic hydroxyl groups is 4. The molecule has 3 saturated heterocycles. The third-order valence-corrected chi connectivity index (χ3v) is 18.9. The van der Waals surface area contributed by atoms with Gasteiger partial charge in [0.05, 0.1) is 40.9 Å². The lowest BCUT2D eigenvalue weighted by molar-refractivity contribution is -0.229. The molecule has 17 unspecified atom stereocenters. The number of methoxy groups -OCH3 is 1. The second-order valence-electron chi connectivity index (χ2n) is 21.2. The fraction of sp³-hybridized carbons (Fsp3) is 0.872. The van der Waals surface area contributed by atoms with Crippen LogP contribution in [0.3, 0.4) is 0 Å². The van der Waals surface area contributed by atoms with Crippen LogP contribution in [0.1, 0.15) is 124 Å². The van der Waals surface area contributed by atoms with Crippen LogP contribution >= 0.6 is 0 Å². The number of Topliss-reactive ketones (excluding diaryl/α,β-unsaturated/α-hetero) is 1. The number of hydrogen-bond donors (Lipinski definition) is 5. The van der Waals surface area contributed by atoms with Crippen molar-refractivity contribution in [3.05, 3.63) is 11.1 Å². The van der Waals surface area contributed by atoms with Crippen molar-refractivity contribution < 1.29 is 44.2 Å². The van der Waals surface area contributed by atoms with Crippen LogP contribution in [0.5, 0.6) is 0 Å². The molecule has 5 N–H and O–H groups in total. The van der Waals surface area contributed by atoms with Gasteiger partial charge in [0, 0.05) is 44.6 Å². The van der Waals surface area contributed by atoms with Crippen molar-refractivity contribution >= 4 is 11.7 Å². The number of carbonyl (C=O) groups is 2. The van der Waals surface area contributed by atoms with Gasteiger partial charge < -0.3 is 39.5 Å². The maximum absolute atomic E-state index is 15.3. The van der Waals surface area contributed by atoms with E-state index in [0.717, 1.165) is 62.5 Å². The van der Waals surface area contributed by atoms with E-state index >= 15 is 4.79 Å². The van der Waals surface area contributed by atoms with Crippen LogP contribution in [0, 0.1) is 63.6 Å². The maximum atomic E-state index is 15.3. The SMILES string of the molecule is COCCCOC1CCC2(C)C(C1)C(=O)C1=C3C24C#CCC2CN2C(=O)C2CC5C(C)C(OC5C(O)N2)C(O)C(C)(O)C2CC(CC1)C3(O)C2(C1CCCCC1)CC4. The first-order valence-corrected chi connectivity index (χ1v) is 23.2.